The number of benzene rings is 1. The van der Waals surface area contributed by atoms with Crippen molar-refractivity contribution in [1.82, 2.24) is 10.6 Å². The number of amides is 2. The zero-order valence-corrected chi connectivity index (χ0v) is 14.2. The molecule has 1 saturated carbocycles. The number of rotatable bonds is 5. The molecule has 1 saturated heterocycles. The van der Waals surface area contributed by atoms with E-state index in [1.807, 2.05) is 30.3 Å². The second-order valence-corrected chi connectivity index (χ2v) is 7.00. The molecular weight excluding hydrogens is 304 g/mol. The van der Waals surface area contributed by atoms with Crippen LogP contribution < -0.4 is 10.6 Å². The topological polar surface area (TPSA) is 67.4 Å². The van der Waals surface area contributed by atoms with Gasteiger partial charge in [-0.2, -0.15) is 0 Å². The Morgan fingerprint density at radius 3 is 2.83 bits per heavy atom. The van der Waals surface area contributed by atoms with E-state index >= 15 is 0 Å². The summed E-state index contributed by atoms with van der Waals surface area (Å²) in [5.41, 5.74) is 1.02. The molecule has 4 unspecified atom stereocenters. The van der Waals surface area contributed by atoms with Gasteiger partial charge in [0.25, 0.3) is 0 Å². The third-order valence-corrected chi connectivity index (χ3v) is 5.26. The van der Waals surface area contributed by atoms with Gasteiger partial charge in [0.15, 0.2) is 0 Å². The molecule has 5 heteroatoms. The number of piperidine rings is 1. The lowest BCUT2D eigenvalue weighted by molar-refractivity contribution is -0.128. The van der Waals surface area contributed by atoms with E-state index in [9.17, 15) is 9.59 Å². The molecule has 24 heavy (non-hydrogen) atoms. The molecule has 2 N–H and O–H groups in total. The minimum absolute atomic E-state index is 0.0558. The number of fused-ring (bicyclic) bond motifs is 1. The highest BCUT2D eigenvalue weighted by molar-refractivity contribution is 5.79. The van der Waals surface area contributed by atoms with Gasteiger partial charge in [-0.1, -0.05) is 30.3 Å². The number of ether oxygens (including phenoxy) is 1. The number of methoxy groups -OCH3 is 1. The molecule has 1 aliphatic heterocycles. The first kappa shape index (κ1) is 17.0. The summed E-state index contributed by atoms with van der Waals surface area (Å²) in [6.07, 6.45) is 3.77. The van der Waals surface area contributed by atoms with Crippen molar-refractivity contribution >= 4 is 11.8 Å². The quantitative estimate of drug-likeness (QED) is 0.863. The first-order valence-corrected chi connectivity index (χ1v) is 8.77. The summed E-state index contributed by atoms with van der Waals surface area (Å²) in [6.45, 7) is 0.639. The molecule has 1 aromatic rings. The zero-order valence-electron chi connectivity index (χ0n) is 14.2. The van der Waals surface area contributed by atoms with Crippen LogP contribution in [0.1, 0.15) is 31.2 Å². The van der Waals surface area contributed by atoms with Gasteiger partial charge in [-0.15, -0.1) is 0 Å². The van der Waals surface area contributed by atoms with Crippen molar-refractivity contribution in [2.45, 2.75) is 44.2 Å². The molecule has 0 spiro atoms. The fourth-order valence-electron chi connectivity index (χ4n) is 4.17. The maximum atomic E-state index is 12.3. The fraction of sp³-hybridized carbons (Fsp3) is 0.579. The van der Waals surface area contributed by atoms with Crippen LogP contribution in [0.25, 0.3) is 0 Å². The molecule has 0 radical (unpaired) electrons. The van der Waals surface area contributed by atoms with Crippen LogP contribution in [0.5, 0.6) is 0 Å². The summed E-state index contributed by atoms with van der Waals surface area (Å²) in [4.78, 5) is 24.2. The number of hydrogen-bond donors (Lipinski definition) is 2. The minimum atomic E-state index is 0.0558. The Morgan fingerprint density at radius 2 is 2.08 bits per heavy atom. The van der Waals surface area contributed by atoms with Crippen molar-refractivity contribution in [3.05, 3.63) is 35.9 Å². The van der Waals surface area contributed by atoms with Gasteiger partial charge >= 0.3 is 0 Å². The maximum absolute atomic E-state index is 12.3. The average Bonchev–Trinajstić information content (AvgIpc) is 2.55. The van der Waals surface area contributed by atoms with E-state index in [2.05, 4.69) is 10.6 Å². The lowest BCUT2D eigenvalue weighted by atomic mass is 9.71. The predicted molar refractivity (Wildman–Crippen MR) is 91.3 cm³/mol. The van der Waals surface area contributed by atoms with Crippen molar-refractivity contribution < 1.29 is 14.3 Å². The molecule has 0 bridgehead atoms. The second-order valence-electron chi connectivity index (χ2n) is 7.00. The van der Waals surface area contributed by atoms with Gasteiger partial charge in [0, 0.05) is 32.2 Å². The Labute approximate surface area is 143 Å². The van der Waals surface area contributed by atoms with Crippen molar-refractivity contribution in [3.8, 4) is 0 Å². The fourth-order valence-corrected chi connectivity index (χ4v) is 4.17. The lowest BCUT2D eigenvalue weighted by Gasteiger charge is -2.43. The number of hydrogen-bond acceptors (Lipinski definition) is 3. The summed E-state index contributed by atoms with van der Waals surface area (Å²) < 4.78 is 5.29. The van der Waals surface area contributed by atoms with Crippen LogP contribution in [0.4, 0.5) is 0 Å². The van der Waals surface area contributed by atoms with Crippen molar-refractivity contribution in [2.75, 3.05) is 13.7 Å². The van der Waals surface area contributed by atoms with E-state index in [-0.39, 0.29) is 23.9 Å². The van der Waals surface area contributed by atoms with E-state index in [1.54, 1.807) is 7.11 Å². The molecule has 4 atom stereocenters. The molecule has 0 aromatic heterocycles. The second kappa shape index (κ2) is 7.79. The van der Waals surface area contributed by atoms with Gasteiger partial charge in [0.2, 0.25) is 11.8 Å². The van der Waals surface area contributed by atoms with Gasteiger partial charge in [0.05, 0.1) is 6.42 Å². The van der Waals surface area contributed by atoms with Gasteiger partial charge in [-0.25, -0.2) is 0 Å². The van der Waals surface area contributed by atoms with Crippen molar-refractivity contribution in [2.24, 2.45) is 11.8 Å². The number of nitrogens with one attached hydrogen (secondary N) is 2. The molecule has 2 amide bonds. The van der Waals surface area contributed by atoms with E-state index in [1.165, 1.54) is 0 Å². The van der Waals surface area contributed by atoms with Crippen LogP contribution in [0, 0.1) is 11.8 Å². The molecule has 1 aromatic carbocycles. The Balaban J connectivity index is 1.54. The summed E-state index contributed by atoms with van der Waals surface area (Å²) in [5.74, 6) is 0.925. The molecule has 130 valence electrons. The van der Waals surface area contributed by atoms with Crippen LogP contribution in [0.15, 0.2) is 30.3 Å². The Hall–Kier alpha value is -1.88. The monoisotopic (exact) mass is 330 g/mol. The molecule has 2 fully saturated rings. The molecule has 1 heterocycles. The van der Waals surface area contributed by atoms with Crippen molar-refractivity contribution in [3.63, 3.8) is 0 Å². The Kier molecular flexibility index (Phi) is 5.51. The molecule has 3 rings (SSSR count). The smallest absolute Gasteiger partial charge is 0.224 e. The van der Waals surface area contributed by atoms with Gasteiger partial charge < -0.3 is 15.4 Å². The third kappa shape index (κ3) is 4.15. The highest BCUT2D eigenvalue weighted by atomic mass is 16.5. The van der Waals surface area contributed by atoms with Gasteiger partial charge in [0.1, 0.15) is 0 Å². The SMILES string of the molecule is COCC1CC(=O)NC2CC(NC(=O)Cc3ccccc3)CCC12. The van der Waals surface area contributed by atoms with E-state index in [4.69, 9.17) is 4.74 Å². The zero-order chi connectivity index (χ0) is 16.9. The standard InChI is InChI=1S/C19H26N2O3/c1-24-12-14-10-19(23)21-17-11-15(7-8-16(14)17)20-18(22)9-13-5-3-2-4-6-13/h2-6,14-17H,7-12H2,1H3,(H,20,22)(H,21,23). The minimum Gasteiger partial charge on any atom is -0.384 e. The molecular formula is C19H26N2O3. The van der Waals surface area contributed by atoms with Crippen molar-refractivity contribution in [1.29, 1.82) is 0 Å². The lowest BCUT2D eigenvalue weighted by Crippen LogP contribution is -2.56. The highest BCUT2D eigenvalue weighted by Gasteiger charge is 2.40. The third-order valence-electron chi connectivity index (χ3n) is 5.26. The molecule has 5 nitrogen and oxygen atoms in total. The van der Waals surface area contributed by atoms with E-state index in [0.717, 1.165) is 24.8 Å². The summed E-state index contributed by atoms with van der Waals surface area (Å²) in [6, 6.07) is 10.1. The maximum Gasteiger partial charge on any atom is 0.224 e. The normalized spacial score (nSPS) is 29.5. The van der Waals surface area contributed by atoms with E-state index < -0.39 is 0 Å². The van der Waals surface area contributed by atoms with Gasteiger partial charge in [-0.3, -0.25) is 9.59 Å². The average molecular weight is 330 g/mol. The van der Waals surface area contributed by atoms with E-state index in [0.29, 0.717) is 31.3 Å². The summed E-state index contributed by atoms with van der Waals surface area (Å²) in [7, 11) is 1.69. The highest BCUT2D eigenvalue weighted by Crippen LogP contribution is 2.35. The van der Waals surface area contributed by atoms with Crippen LogP contribution >= 0.6 is 0 Å². The number of carbonyl (C=O) groups is 2. The Bertz CT molecular complexity index is 575. The van der Waals surface area contributed by atoms with Crippen LogP contribution in [-0.4, -0.2) is 37.6 Å². The van der Waals surface area contributed by atoms with Crippen LogP contribution in [0.2, 0.25) is 0 Å². The van der Waals surface area contributed by atoms with Gasteiger partial charge in [-0.05, 0) is 36.7 Å². The first-order chi connectivity index (χ1) is 11.7. The Morgan fingerprint density at radius 1 is 1.29 bits per heavy atom. The molecule has 2 aliphatic rings. The van der Waals surface area contributed by atoms with Crippen LogP contribution in [-0.2, 0) is 20.7 Å². The largest absolute Gasteiger partial charge is 0.384 e. The molecule has 1 aliphatic carbocycles. The number of carbonyl (C=O) groups excluding carboxylic acids is 2. The predicted octanol–water partition coefficient (Wildman–Crippen LogP) is 1.67. The first-order valence-electron chi connectivity index (χ1n) is 8.77. The summed E-state index contributed by atoms with van der Waals surface area (Å²) >= 11 is 0. The van der Waals surface area contributed by atoms with Crippen LogP contribution in [0.3, 0.4) is 0 Å². The summed E-state index contributed by atoms with van der Waals surface area (Å²) in [5, 5.41) is 6.25.